The van der Waals surface area contributed by atoms with E-state index in [-0.39, 0.29) is 29.9 Å². The molecule has 8 nitrogen and oxygen atoms in total. The van der Waals surface area contributed by atoms with Gasteiger partial charge in [-0.2, -0.15) is 0 Å². The number of carbonyl (C=O) groups excluding carboxylic acids is 2. The third-order valence-corrected chi connectivity index (χ3v) is 8.24. The highest BCUT2D eigenvalue weighted by Gasteiger charge is 2.77. The molecule has 0 saturated carbocycles. The van der Waals surface area contributed by atoms with Crippen LogP contribution in [0.1, 0.15) is 25.8 Å². The minimum absolute atomic E-state index is 0.173. The molecule has 3 saturated heterocycles. The lowest BCUT2D eigenvalue weighted by Gasteiger charge is -2.40. The van der Waals surface area contributed by atoms with Crippen molar-refractivity contribution in [2.45, 2.75) is 61.3 Å². The van der Waals surface area contributed by atoms with Crippen molar-refractivity contribution >= 4 is 33.7 Å². The van der Waals surface area contributed by atoms with Crippen LogP contribution in [0.4, 0.5) is 0 Å². The Morgan fingerprint density at radius 3 is 2.59 bits per heavy atom. The summed E-state index contributed by atoms with van der Waals surface area (Å²) in [7, 11) is 0. The first kappa shape index (κ1) is 24.9. The monoisotopic (exact) mass is 534 g/mol. The Balaban J connectivity index is 1.82. The molecule has 2 amide bonds. The van der Waals surface area contributed by atoms with Crippen molar-refractivity contribution in [2.75, 3.05) is 13.2 Å². The van der Waals surface area contributed by atoms with Crippen molar-refractivity contribution in [3.8, 4) is 0 Å². The quantitative estimate of drug-likeness (QED) is 0.369. The molecule has 2 N–H and O–H groups in total. The maximum atomic E-state index is 14.1. The highest BCUT2D eigenvalue weighted by molar-refractivity contribution is 9.09. The van der Waals surface area contributed by atoms with Crippen molar-refractivity contribution in [3.63, 3.8) is 0 Å². The molecule has 0 aliphatic carbocycles. The Morgan fingerprint density at radius 1 is 1.35 bits per heavy atom. The average molecular weight is 535 g/mol. The van der Waals surface area contributed by atoms with Crippen molar-refractivity contribution in [3.05, 3.63) is 48.6 Å². The molecule has 3 unspecified atom stereocenters. The molecule has 2 bridgehead atoms. The number of nitrogens with zero attached hydrogens (tertiary/aromatic N) is 2. The van der Waals surface area contributed by atoms with Crippen molar-refractivity contribution in [1.82, 2.24) is 9.80 Å². The molecule has 9 heteroatoms. The van der Waals surface area contributed by atoms with Gasteiger partial charge >= 0.3 is 5.97 Å². The average Bonchev–Trinajstić information content (AvgIpc) is 3.39. The largest absolute Gasteiger partial charge is 0.481 e. The number of aliphatic carboxylic acids is 1. The Labute approximate surface area is 207 Å². The van der Waals surface area contributed by atoms with Crippen LogP contribution in [0.2, 0.25) is 0 Å². The molecule has 184 valence electrons. The summed E-state index contributed by atoms with van der Waals surface area (Å²) in [5.74, 6) is -3.92. The van der Waals surface area contributed by atoms with Crippen LogP contribution in [0.25, 0.3) is 0 Å². The first-order valence-electron chi connectivity index (χ1n) is 11.6. The second kappa shape index (κ2) is 9.43. The van der Waals surface area contributed by atoms with E-state index in [1.807, 2.05) is 44.2 Å². The van der Waals surface area contributed by atoms with E-state index in [0.29, 0.717) is 12.8 Å². The van der Waals surface area contributed by atoms with Crippen LogP contribution in [0.5, 0.6) is 0 Å². The number of hydrogen-bond acceptors (Lipinski definition) is 5. The lowest BCUT2D eigenvalue weighted by atomic mass is 9.70. The highest BCUT2D eigenvalue weighted by atomic mass is 79.9. The number of ether oxygens (including phenoxy) is 1. The first-order chi connectivity index (χ1) is 16.2. The smallest absolute Gasteiger partial charge is 0.310 e. The maximum absolute atomic E-state index is 14.1. The Kier molecular flexibility index (Phi) is 6.90. The predicted octanol–water partition coefficient (Wildman–Crippen LogP) is 1.85. The number of fused-ring (bicyclic) bond motifs is 1. The molecule has 1 aromatic rings. The minimum Gasteiger partial charge on any atom is -0.481 e. The number of carboxylic acid groups (broad SMARTS) is 1. The molecular formula is C25H31BrN2O6. The van der Waals surface area contributed by atoms with E-state index in [9.17, 15) is 24.6 Å². The van der Waals surface area contributed by atoms with Gasteiger partial charge in [0.25, 0.3) is 0 Å². The highest BCUT2D eigenvalue weighted by Crippen LogP contribution is 2.60. The van der Waals surface area contributed by atoms with Gasteiger partial charge in [-0.3, -0.25) is 14.4 Å². The molecular weight excluding hydrogens is 504 g/mol. The number of amides is 2. The minimum atomic E-state index is -1.27. The van der Waals surface area contributed by atoms with Gasteiger partial charge in [-0.15, -0.1) is 6.58 Å². The Hall–Kier alpha value is -2.23. The number of rotatable bonds is 9. The second-order valence-corrected chi connectivity index (χ2v) is 10.8. The fraction of sp³-hybridized carbons (Fsp3) is 0.560. The lowest BCUT2D eigenvalue weighted by molar-refractivity contribution is -0.153. The van der Waals surface area contributed by atoms with Crippen LogP contribution in [-0.4, -0.2) is 85.6 Å². The number of aliphatic hydroxyl groups excluding tert-OH is 1. The summed E-state index contributed by atoms with van der Waals surface area (Å²) in [6.07, 6.45) is 1.60. The van der Waals surface area contributed by atoms with Gasteiger partial charge in [0.05, 0.1) is 30.6 Å². The zero-order valence-corrected chi connectivity index (χ0v) is 20.9. The summed E-state index contributed by atoms with van der Waals surface area (Å²) in [4.78, 5) is 43.0. The van der Waals surface area contributed by atoms with Crippen LogP contribution >= 0.6 is 15.9 Å². The summed E-state index contributed by atoms with van der Waals surface area (Å²) < 4.78 is 6.31. The maximum Gasteiger partial charge on any atom is 0.310 e. The number of halogens is 1. The summed E-state index contributed by atoms with van der Waals surface area (Å²) >= 11 is 3.55. The standard InChI is InChI=1S/C25H31BrN2O6/c1-4-10-27(14(2)3)23(31)21-25-12-17(26)20(34-25)18(24(32)33)19(25)22(30)28(21)16(13-29)11-15-8-6-5-7-9-15/h4-9,14,16-21,29H,1,10-13H2,2-3H3,(H,32,33)/t16-,17?,18+,19+,20+,21?,25?/m1/s1. The van der Waals surface area contributed by atoms with Crippen molar-refractivity contribution in [1.29, 1.82) is 0 Å². The Bertz CT molecular complexity index is 971. The molecule has 3 aliphatic heterocycles. The molecule has 3 heterocycles. The van der Waals surface area contributed by atoms with Crippen molar-refractivity contribution < 1.29 is 29.3 Å². The van der Waals surface area contributed by atoms with Gasteiger partial charge in [-0.1, -0.05) is 52.3 Å². The first-order valence-corrected chi connectivity index (χ1v) is 12.5. The fourth-order valence-corrected chi connectivity index (χ4v) is 6.95. The molecule has 7 atom stereocenters. The van der Waals surface area contributed by atoms with Gasteiger partial charge in [-0.25, -0.2) is 0 Å². The number of likely N-dealkylation sites (tertiary alicyclic amines) is 1. The van der Waals surface area contributed by atoms with Crippen LogP contribution in [-0.2, 0) is 25.5 Å². The van der Waals surface area contributed by atoms with E-state index in [1.54, 1.807) is 11.0 Å². The SMILES string of the molecule is C=CCN(C(=O)C1N([C@@H](CO)Cc2ccccc2)C(=O)[C@@H]2[C@H](C(=O)O)[C@H]3OC12CC3Br)C(C)C. The van der Waals surface area contributed by atoms with E-state index in [2.05, 4.69) is 22.5 Å². The van der Waals surface area contributed by atoms with Gasteiger partial charge in [0.15, 0.2) is 0 Å². The van der Waals surface area contributed by atoms with Crippen LogP contribution in [0.3, 0.4) is 0 Å². The summed E-state index contributed by atoms with van der Waals surface area (Å²) in [6.45, 7) is 7.44. The summed E-state index contributed by atoms with van der Waals surface area (Å²) in [5, 5.41) is 20.4. The van der Waals surface area contributed by atoms with Gasteiger partial charge in [0, 0.05) is 17.4 Å². The molecule has 1 aromatic carbocycles. The third-order valence-electron chi connectivity index (χ3n) is 7.40. The number of carboxylic acids is 1. The summed E-state index contributed by atoms with van der Waals surface area (Å²) in [5.41, 5.74) is -0.366. The molecule has 34 heavy (non-hydrogen) atoms. The molecule has 4 rings (SSSR count). The van der Waals surface area contributed by atoms with E-state index in [4.69, 9.17) is 4.74 Å². The van der Waals surface area contributed by atoms with Gasteiger partial charge in [0.1, 0.15) is 11.6 Å². The van der Waals surface area contributed by atoms with E-state index >= 15 is 0 Å². The predicted molar refractivity (Wildman–Crippen MR) is 128 cm³/mol. The van der Waals surface area contributed by atoms with Crippen LogP contribution in [0.15, 0.2) is 43.0 Å². The molecule has 3 aliphatic rings. The molecule has 1 spiro atoms. The third kappa shape index (κ3) is 3.78. The molecule has 0 radical (unpaired) electrons. The number of benzene rings is 1. The normalized spacial score (nSPS) is 32.7. The zero-order valence-electron chi connectivity index (χ0n) is 19.3. The van der Waals surface area contributed by atoms with Gasteiger partial charge in [0.2, 0.25) is 11.8 Å². The van der Waals surface area contributed by atoms with Gasteiger partial charge < -0.3 is 24.7 Å². The van der Waals surface area contributed by atoms with E-state index in [0.717, 1.165) is 5.56 Å². The fourth-order valence-electron chi connectivity index (χ4n) is 6.01. The molecule has 0 aromatic heterocycles. The van der Waals surface area contributed by atoms with Crippen LogP contribution < -0.4 is 0 Å². The zero-order chi connectivity index (χ0) is 24.8. The number of alkyl halides is 1. The summed E-state index contributed by atoms with van der Waals surface area (Å²) in [6, 6.07) is 7.50. The lowest BCUT2D eigenvalue weighted by Crippen LogP contribution is -2.60. The van der Waals surface area contributed by atoms with Crippen LogP contribution in [0, 0.1) is 11.8 Å². The number of carbonyl (C=O) groups is 3. The number of hydrogen-bond donors (Lipinski definition) is 2. The topological polar surface area (TPSA) is 107 Å². The second-order valence-electron chi connectivity index (χ2n) is 9.65. The Morgan fingerprint density at radius 2 is 2.03 bits per heavy atom. The number of aliphatic hydroxyl groups is 1. The van der Waals surface area contributed by atoms with E-state index in [1.165, 1.54) is 4.90 Å². The van der Waals surface area contributed by atoms with Crippen molar-refractivity contribution in [2.24, 2.45) is 11.8 Å². The van der Waals surface area contributed by atoms with E-state index < -0.39 is 47.5 Å². The van der Waals surface area contributed by atoms with Gasteiger partial charge in [-0.05, 0) is 32.3 Å². The molecule has 3 fully saturated rings.